The number of rotatable bonds is 4. The van der Waals surface area contributed by atoms with Gasteiger partial charge in [0.2, 0.25) is 5.79 Å². The molecule has 0 saturated carbocycles. The second-order valence-electron chi connectivity index (χ2n) is 5.08. The summed E-state index contributed by atoms with van der Waals surface area (Å²) in [5, 5.41) is 1.26. The summed E-state index contributed by atoms with van der Waals surface area (Å²) in [6.07, 6.45) is -0.114. The summed E-state index contributed by atoms with van der Waals surface area (Å²) in [6, 6.07) is 15.4. The fourth-order valence-electron chi connectivity index (χ4n) is 2.49. The molecule has 0 N–H and O–H groups in total. The van der Waals surface area contributed by atoms with Crippen LogP contribution in [-0.2, 0) is 15.3 Å². The Balaban J connectivity index is 1.84. The molecule has 2 atom stereocenters. The first-order chi connectivity index (χ1) is 10.7. The molecule has 3 rings (SSSR count). The lowest BCUT2D eigenvalue weighted by Crippen LogP contribution is -2.29. The van der Waals surface area contributed by atoms with Crippen LogP contribution in [-0.4, -0.2) is 19.0 Å². The van der Waals surface area contributed by atoms with Gasteiger partial charge in [0, 0.05) is 10.6 Å². The van der Waals surface area contributed by atoms with Crippen molar-refractivity contribution in [2.75, 3.05) is 19.0 Å². The molecule has 1 fully saturated rings. The molecule has 2 aromatic rings. The Morgan fingerprint density at radius 2 is 1.86 bits per heavy atom. The summed E-state index contributed by atoms with van der Waals surface area (Å²) < 4.78 is 17.4. The summed E-state index contributed by atoms with van der Waals surface area (Å²) in [6.45, 7) is 0.499. The highest BCUT2D eigenvalue weighted by molar-refractivity contribution is 9.09. The zero-order chi connectivity index (χ0) is 15.6. The molecule has 22 heavy (non-hydrogen) atoms. The van der Waals surface area contributed by atoms with Crippen molar-refractivity contribution < 1.29 is 14.2 Å². The molecule has 0 amide bonds. The lowest BCUT2D eigenvalue weighted by molar-refractivity contribution is -0.157. The van der Waals surface area contributed by atoms with Crippen LogP contribution in [0.5, 0.6) is 5.75 Å². The molecular weight excluding hydrogens is 368 g/mol. The van der Waals surface area contributed by atoms with E-state index in [0.29, 0.717) is 17.0 Å². The van der Waals surface area contributed by atoms with Crippen LogP contribution in [0.25, 0.3) is 0 Å². The van der Waals surface area contributed by atoms with Crippen LogP contribution in [0.15, 0.2) is 48.5 Å². The summed E-state index contributed by atoms with van der Waals surface area (Å²) in [7, 11) is 1.65. The molecule has 116 valence electrons. The number of halogens is 2. The molecule has 0 unspecified atom stereocenters. The van der Waals surface area contributed by atoms with Crippen LogP contribution in [0.4, 0.5) is 0 Å². The van der Waals surface area contributed by atoms with Crippen LogP contribution in [0.3, 0.4) is 0 Å². The minimum Gasteiger partial charge on any atom is -0.497 e. The first-order valence-electron chi connectivity index (χ1n) is 6.94. The molecule has 0 aromatic heterocycles. The predicted molar refractivity (Wildman–Crippen MR) is 89.7 cm³/mol. The Bertz CT molecular complexity index is 629. The number of methoxy groups -OCH3 is 1. The van der Waals surface area contributed by atoms with E-state index in [9.17, 15) is 0 Å². The van der Waals surface area contributed by atoms with Gasteiger partial charge in [0.1, 0.15) is 11.9 Å². The van der Waals surface area contributed by atoms with E-state index >= 15 is 0 Å². The van der Waals surface area contributed by atoms with Crippen LogP contribution >= 0.6 is 27.5 Å². The Kier molecular flexibility index (Phi) is 4.73. The Labute approximate surface area is 143 Å². The first-order valence-corrected chi connectivity index (χ1v) is 8.44. The van der Waals surface area contributed by atoms with E-state index in [1.165, 1.54) is 0 Å². The van der Waals surface area contributed by atoms with Crippen molar-refractivity contribution in [2.24, 2.45) is 0 Å². The lowest BCUT2D eigenvalue weighted by atomic mass is 10.1. The standard InChI is InChI=1S/C17H16BrClO3/c1-20-15-8-4-13(5-9-15)17(11-18)21-10-16(22-17)12-2-6-14(19)7-3-12/h2-9,16H,10-11H2,1H3/t16-,17+/m0/s1. The molecule has 0 radical (unpaired) electrons. The predicted octanol–water partition coefficient (Wildman–Crippen LogP) is 4.68. The van der Waals surface area contributed by atoms with Crippen LogP contribution in [0.2, 0.25) is 5.02 Å². The van der Waals surface area contributed by atoms with Crippen LogP contribution in [0, 0.1) is 0 Å². The summed E-state index contributed by atoms with van der Waals surface area (Å²) in [4.78, 5) is 0. The van der Waals surface area contributed by atoms with Crippen molar-refractivity contribution in [3.8, 4) is 5.75 Å². The highest BCUT2D eigenvalue weighted by atomic mass is 79.9. The van der Waals surface area contributed by atoms with E-state index in [1.54, 1.807) is 7.11 Å². The fraction of sp³-hybridized carbons (Fsp3) is 0.294. The van der Waals surface area contributed by atoms with Gasteiger partial charge in [0.25, 0.3) is 0 Å². The minimum absolute atomic E-state index is 0.114. The normalized spacial score (nSPS) is 24.4. The van der Waals surface area contributed by atoms with Gasteiger partial charge in [-0.1, -0.05) is 39.7 Å². The van der Waals surface area contributed by atoms with Crippen molar-refractivity contribution in [3.63, 3.8) is 0 Å². The molecule has 5 heteroatoms. The Morgan fingerprint density at radius 1 is 1.18 bits per heavy atom. The molecule has 0 aliphatic carbocycles. The van der Waals surface area contributed by atoms with Crippen molar-refractivity contribution >= 4 is 27.5 Å². The van der Waals surface area contributed by atoms with Gasteiger partial charge in [-0.05, 0) is 42.0 Å². The maximum atomic E-state index is 6.23. The number of hydrogen-bond donors (Lipinski definition) is 0. The van der Waals surface area contributed by atoms with Crippen molar-refractivity contribution in [3.05, 3.63) is 64.7 Å². The maximum Gasteiger partial charge on any atom is 0.205 e. The molecule has 1 heterocycles. The van der Waals surface area contributed by atoms with Gasteiger partial charge in [-0.3, -0.25) is 0 Å². The number of hydrogen-bond acceptors (Lipinski definition) is 3. The molecule has 0 bridgehead atoms. The molecule has 1 aliphatic heterocycles. The van der Waals surface area contributed by atoms with Gasteiger partial charge in [-0.25, -0.2) is 0 Å². The van der Waals surface area contributed by atoms with Gasteiger partial charge in [-0.15, -0.1) is 0 Å². The smallest absolute Gasteiger partial charge is 0.205 e. The highest BCUT2D eigenvalue weighted by Crippen LogP contribution is 2.42. The molecule has 2 aromatic carbocycles. The highest BCUT2D eigenvalue weighted by Gasteiger charge is 2.42. The van der Waals surface area contributed by atoms with Crippen molar-refractivity contribution in [2.45, 2.75) is 11.9 Å². The number of ether oxygens (including phenoxy) is 3. The van der Waals surface area contributed by atoms with Gasteiger partial charge in [0.05, 0.1) is 19.0 Å². The van der Waals surface area contributed by atoms with Crippen molar-refractivity contribution in [1.82, 2.24) is 0 Å². The first kappa shape index (κ1) is 15.8. The van der Waals surface area contributed by atoms with E-state index in [2.05, 4.69) is 15.9 Å². The fourth-order valence-corrected chi connectivity index (χ4v) is 3.24. The second kappa shape index (κ2) is 6.59. The molecule has 1 saturated heterocycles. The summed E-state index contributed by atoms with van der Waals surface area (Å²) in [5.41, 5.74) is 2.02. The van der Waals surface area contributed by atoms with Crippen LogP contribution in [0.1, 0.15) is 17.2 Å². The zero-order valence-corrected chi connectivity index (χ0v) is 14.4. The van der Waals surface area contributed by atoms with E-state index in [1.807, 2.05) is 48.5 Å². The van der Waals surface area contributed by atoms with E-state index in [-0.39, 0.29) is 6.10 Å². The van der Waals surface area contributed by atoms with Gasteiger partial charge in [-0.2, -0.15) is 0 Å². The SMILES string of the molecule is COc1ccc([C@]2(CBr)OC[C@@H](c3ccc(Cl)cc3)O2)cc1. The van der Waals surface area contributed by atoms with E-state index < -0.39 is 5.79 Å². The zero-order valence-electron chi connectivity index (χ0n) is 12.1. The van der Waals surface area contributed by atoms with Crippen LogP contribution < -0.4 is 4.74 Å². The van der Waals surface area contributed by atoms with Gasteiger partial charge in [0.15, 0.2) is 0 Å². The molecule has 0 spiro atoms. The summed E-state index contributed by atoms with van der Waals surface area (Å²) >= 11 is 9.45. The molecule has 3 nitrogen and oxygen atoms in total. The topological polar surface area (TPSA) is 27.7 Å². The third-order valence-corrected chi connectivity index (χ3v) is 4.74. The van der Waals surface area contributed by atoms with Gasteiger partial charge >= 0.3 is 0 Å². The lowest BCUT2D eigenvalue weighted by Gasteiger charge is -2.26. The maximum absolute atomic E-state index is 6.23. The average Bonchev–Trinajstić information content (AvgIpc) is 3.01. The Hall–Kier alpha value is -1.07. The Morgan fingerprint density at radius 3 is 2.45 bits per heavy atom. The van der Waals surface area contributed by atoms with E-state index in [4.69, 9.17) is 25.8 Å². The second-order valence-corrected chi connectivity index (χ2v) is 6.08. The average molecular weight is 384 g/mol. The third-order valence-electron chi connectivity index (χ3n) is 3.75. The molecule has 1 aliphatic rings. The quantitative estimate of drug-likeness (QED) is 0.717. The van der Waals surface area contributed by atoms with Gasteiger partial charge < -0.3 is 14.2 Å². The summed E-state index contributed by atoms with van der Waals surface area (Å²) in [5.74, 6) is 0.0250. The number of alkyl halides is 1. The molecular formula is C17H16BrClO3. The van der Waals surface area contributed by atoms with Crippen molar-refractivity contribution in [1.29, 1.82) is 0 Å². The third kappa shape index (κ3) is 3.01. The largest absolute Gasteiger partial charge is 0.497 e. The number of benzene rings is 2. The van der Waals surface area contributed by atoms with E-state index in [0.717, 1.165) is 16.9 Å². The monoisotopic (exact) mass is 382 g/mol. The minimum atomic E-state index is -0.781.